The Balaban J connectivity index is 2.18. The zero-order valence-electron chi connectivity index (χ0n) is 8.89. The molecule has 1 saturated heterocycles. The molecule has 5 heteroatoms. The van der Waals surface area contributed by atoms with E-state index in [4.69, 9.17) is 0 Å². The summed E-state index contributed by atoms with van der Waals surface area (Å²) in [7, 11) is -3.27. The Morgan fingerprint density at radius 2 is 2.25 bits per heavy atom. The van der Waals surface area contributed by atoms with Crippen LogP contribution in [0.25, 0.3) is 0 Å². The maximum absolute atomic E-state index is 12.0. The van der Waals surface area contributed by atoms with Crippen LogP contribution in [0.1, 0.15) is 6.42 Å². The summed E-state index contributed by atoms with van der Waals surface area (Å²) in [6, 6.07) is 5.85. The molecule has 1 aromatic carbocycles. The van der Waals surface area contributed by atoms with Gasteiger partial charge in [-0.2, -0.15) is 0 Å². The van der Waals surface area contributed by atoms with Crippen molar-refractivity contribution in [2.45, 2.75) is 11.3 Å². The van der Waals surface area contributed by atoms with E-state index in [0.29, 0.717) is 0 Å². The first kappa shape index (κ1) is 11.4. The number of aromatic hydroxyl groups is 1. The first-order chi connectivity index (χ1) is 7.58. The molecule has 2 N–H and O–H groups in total. The van der Waals surface area contributed by atoms with Gasteiger partial charge in [-0.05, 0) is 43.6 Å². The van der Waals surface area contributed by atoms with Gasteiger partial charge in [-0.15, -0.1) is 0 Å². The van der Waals surface area contributed by atoms with Crippen molar-refractivity contribution >= 4 is 9.84 Å². The molecule has 1 aliphatic rings. The lowest BCUT2D eigenvalue weighted by molar-refractivity contribution is 0.473. The highest BCUT2D eigenvalue weighted by molar-refractivity contribution is 7.91. The van der Waals surface area contributed by atoms with Crippen LogP contribution in [0.3, 0.4) is 0 Å². The molecule has 0 amide bonds. The van der Waals surface area contributed by atoms with Crippen LogP contribution < -0.4 is 5.32 Å². The summed E-state index contributed by atoms with van der Waals surface area (Å²) in [5.74, 6) is 0.335. The summed E-state index contributed by atoms with van der Waals surface area (Å²) in [6.07, 6.45) is 0.901. The topological polar surface area (TPSA) is 66.4 Å². The lowest BCUT2D eigenvalue weighted by Gasteiger charge is -2.09. The van der Waals surface area contributed by atoms with Crippen molar-refractivity contribution in [2.24, 2.45) is 5.92 Å². The third-order valence-electron chi connectivity index (χ3n) is 2.79. The van der Waals surface area contributed by atoms with Gasteiger partial charge in [-0.3, -0.25) is 0 Å². The second-order valence-electron chi connectivity index (χ2n) is 4.14. The Morgan fingerprint density at radius 3 is 2.88 bits per heavy atom. The Kier molecular flexibility index (Phi) is 3.16. The Hall–Kier alpha value is -1.07. The van der Waals surface area contributed by atoms with E-state index in [0.717, 1.165) is 19.5 Å². The summed E-state index contributed by atoms with van der Waals surface area (Å²) in [4.78, 5) is 0.208. The van der Waals surface area contributed by atoms with E-state index in [9.17, 15) is 13.5 Å². The number of phenols is 1. The van der Waals surface area contributed by atoms with Crippen molar-refractivity contribution in [3.63, 3.8) is 0 Å². The van der Waals surface area contributed by atoms with Crippen LogP contribution in [-0.2, 0) is 9.84 Å². The van der Waals surface area contributed by atoms with Crippen LogP contribution in [0.15, 0.2) is 29.2 Å². The lowest BCUT2D eigenvalue weighted by atomic mass is 10.2. The summed E-state index contributed by atoms with van der Waals surface area (Å²) >= 11 is 0. The SMILES string of the molecule is O=S(=O)(CC1CCNC1)c1cccc(O)c1. The van der Waals surface area contributed by atoms with Gasteiger partial charge in [0.05, 0.1) is 10.6 Å². The van der Waals surface area contributed by atoms with E-state index >= 15 is 0 Å². The Morgan fingerprint density at radius 1 is 1.44 bits per heavy atom. The molecular weight excluding hydrogens is 226 g/mol. The lowest BCUT2D eigenvalue weighted by Crippen LogP contribution is -2.18. The number of phenolic OH excluding ortho intramolecular Hbond substituents is 1. The van der Waals surface area contributed by atoms with Gasteiger partial charge in [0.1, 0.15) is 5.75 Å². The summed E-state index contributed by atoms with van der Waals surface area (Å²) in [5, 5.41) is 12.4. The number of nitrogens with one attached hydrogen (secondary N) is 1. The summed E-state index contributed by atoms with van der Waals surface area (Å²) < 4.78 is 24.0. The summed E-state index contributed by atoms with van der Waals surface area (Å²) in [5.41, 5.74) is 0. The first-order valence-corrected chi connectivity index (χ1v) is 6.96. The summed E-state index contributed by atoms with van der Waals surface area (Å²) in [6.45, 7) is 1.65. The van der Waals surface area contributed by atoms with Gasteiger partial charge >= 0.3 is 0 Å². The van der Waals surface area contributed by atoms with E-state index in [1.807, 2.05) is 0 Å². The van der Waals surface area contributed by atoms with Crippen LogP contribution in [0.5, 0.6) is 5.75 Å². The second-order valence-corrected chi connectivity index (χ2v) is 6.17. The fraction of sp³-hybridized carbons (Fsp3) is 0.455. The molecule has 1 fully saturated rings. The minimum absolute atomic E-state index is 0.00868. The normalized spacial score (nSPS) is 21.1. The average molecular weight is 241 g/mol. The predicted octanol–water partition coefficient (Wildman–Crippen LogP) is 0.775. The molecule has 4 nitrogen and oxygen atoms in total. The monoisotopic (exact) mass is 241 g/mol. The van der Waals surface area contributed by atoms with E-state index in [-0.39, 0.29) is 22.3 Å². The average Bonchev–Trinajstić information content (AvgIpc) is 2.70. The Labute approximate surface area is 95.2 Å². The predicted molar refractivity (Wildman–Crippen MR) is 61.1 cm³/mol. The van der Waals surface area contributed by atoms with Crippen LogP contribution >= 0.6 is 0 Å². The van der Waals surface area contributed by atoms with Gasteiger partial charge in [0.15, 0.2) is 9.84 Å². The molecule has 0 radical (unpaired) electrons. The Bertz CT molecular complexity index is 464. The molecule has 2 rings (SSSR count). The number of hydrogen-bond donors (Lipinski definition) is 2. The molecule has 16 heavy (non-hydrogen) atoms. The van der Waals surface area contributed by atoms with Crippen molar-refractivity contribution < 1.29 is 13.5 Å². The van der Waals surface area contributed by atoms with Crippen molar-refractivity contribution in [2.75, 3.05) is 18.8 Å². The molecule has 1 heterocycles. The van der Waals surface area contributed by atoms with Crippen molar-refractivity contribution in [3.8, 4) is 5.75 Å². The highest BCUT2D eigenvalue weighted by atomic mass is 32.2. The molecule has 0 spiro atoms. The highest BCUT2D eigenvalue weighted by Crippen LogP contribution is 2.20. The molecule has 1 atom stereocenters. The first-order valence-electron chi connectivity index (χ1n) is 5.30. The van der Waals surface area contributed by atoms with Crippen LogP contribution in [0, 0.1) is 5.92 Å². The van der Waals surface area contributed by atoms with E-state index in [1.165, 1.54) is 18.2 Å². The third-order valence-corrected chi connectivity index (χ3v) is 4.68. The van der Waals surface area contributed by atoms with Crippen LogP contribution in [0.2, 0.25) is 0 Å². The minimum Gasteiger partial charge on any atom is -0.508 e. The van der Waals surface area contributed by atoms with Crippen LogP contribution in [-0.4, -0.2) is 32.4 Å². The smallest absolute Gasteiger partial charge is 0.178 e. The van der Waals surface area contributed by atoms with E-state index < -0.39 is 9.84 Å². The van der Waals surface area contributed by atoms with Gasteiger partial charge in [0.25, 0.3) is 0 Å². The van der Waals surface area contributed by atoms with Gasteiger partial charge in [-0.25, -0.2) is 8.42 Å². The number of hydrogen-bond acceptors (Lipinski definition) is 4. The fourth-order valence-electron chi connectivity index (χ4n) is 1.94. The molecule has 0 bridgehead atoms. The quantitative estimate of drug-likeness (QED) is 0.820. The molecule has 0 saturated carbocycles. The second kappa shape index (κ2) is 4.43. The zero-order chi connectivity index (χ0) is 11.6. The minimum atomic E-state index is -3.27. The van der Waals surface area contributed by atoms with Gasteiger partial charge in [0.2, 0.25) is 0 Å². The molecule has 0 aromatic heterocycles. The van der Waals surface area contributed by atoms with Gasteiger partial charge in [-0.1, -0.05) is 6.07 Å². The van der Waals surface area contributed by atoms with E-state index in [1.54, 1.807) is 6.07 Å². The maximum Gasteiger partial charge on any atom is 0.178 e. The maximum atomic E-state index is 12.0. The van der Waals surface area contributed by atoms with Crippen molar-refractivity contribution in [3.05, 3.63) is 24.3 Å². The number of sulfone groups is 1. The third kappa shape index (κ3) is 2.54. The standard InChI is InChI=1S/C11H15NO3S/c13-10-2-1-3-11(6-10)16(14,15)8-9-4-5-12-7-9/h1-3,6,9,12-13H,4-5,7-8H2. The van der Waals surface area contributed by atoms with Crippen molar-refractivity contribution in [1.29, 1.82) is 0 Å². The van der Waals surface area contributed by atoms with E-state index in [2.05, 4.69) is 5.32 Å². The number of benzene rings is 1. The molecule has 1 aromatic rings. The molecule has 1 aliphatic heterocycles. The fourth-order valence-corrected chi connectivity index (χ4v) is 3.62. The van der Waals surface area contributed by atoms with Gasteiger partial charge < -0.3 is 10.4 Å². The molecular formula is C11H15NO3S. The molecule has 0 aliphatic carbocycles. The molecule has 88 valence electrons. The molecule has 1 unspecified atom stereocenters. The zero-order valence-corrected chi connectivity index (χ0v) is 9.70. The van der Waals surface area contributed by atoms with Crippen LogP contribution in [0.4, 0.5) is 0 Å². The highest BCUT2D eigenvalue weighted by Gasteiger charge is 2.23. The largest absolute Gasteiger partial charge is 0.508 e. The van der Waals surface area contributed by atoms with Gasteiger partial charge in [0, 0.05) is 0 Å². The number of rotatable bonds is 3. The van der Waals surface area contributed by atoms with Crippen molar-refractivity contribution in [1.82, 2.24) is 5.32 Å².